The fourth-order valence-corrected chi connectivity index (χ4v) is 7.66. The van der Waals surface area contributed by atoms with Gasteiger partial charge in [0.25, 0.3) is 0 Å². The third-order valence-electron chi connectivity index (χ3n) is 5.18. The predicted molar refractivity (Wildman–Crippen MR) is 206 cm³/mol. The van der Waals surface area contributed by atoms with E-state index in [0.29, 0.717) is 6.42 Å². The van der Waals surface area contributed by atoms with Crippen molar-refractivity contribution in [2.75, 3.05) is 38.0 Å². The highest BCUT2D eigenvalue weighted by Gasteiger charge is 2.25. The molecule has 0 radical (unpaired) electrons. The molecule has 0 bridgehead atoms. The van der Waals surface area contributed by atoms with Crippen LogP contribution in [0.2, 0.25) is 0 Å². The summed E-state index contributed by atoms with van der Waals surface area (Å²) in [6, 6.07) is 16.1. The normalized spacial score (nSPS) is 10.8. The number of hydrogen-bond acceptors (Lipinski definition) is 9. The van der Waals surface area contributed by atoms with E-state index in [1.165, 1.54) is 23.7 Å². The van der Waals surface area contributed by atoms with Gasteiger partial charge >= 0.3 is 11.9 Å². The first-order chi connectivity index (χ1) is 20.6. The van der Waals surface area contributed by atoms with Crippen LogP contribution in [-0.2, 0) is 14.3 Å². The number of hydrogen-bond donors (Lipinski definition) is 3. The van der Waals surface area contributed by atoms with Crippen LogP contribution in [0.3, 0.4) is 0 Å². The summed E-state index contributed by atoms with van der Waals surface area (Å²) in [6.45, 7) is 17.6. The van der Waals surface area contributed by atoms with E-state index in [-0.39, 0.29) is 21.9 Å². The van der Waals surface area contributed by atoms with Gasteiger partial charge in [-0.3, -0.25) is 9.59 Å². The molecule has 44 heavy (non-hydrogen) atoms. The second-order valence-corrected chi connectivity index (χ2v) is 16.9. The number of carbonyl (C=O) groups excluding carboxylic acids is 1. The Morgan fingerprint density at radius 3 is 1.59 bits per heavy atom. The standard InChI is InChI=1S/C13H19NO2S2.C12H17NO2S2.C6H10.C2H7P/c1-13(2,9-12(15)16-4)18-17-11-8-6-5-7-10(11)14-3;1-12(2,8-11(14)15)17-16-10-7-5-4-6-9(10)13-3;1-4-6(3)5-2;1-2-3/h5-8,14H,9H2,1-4H3;4-7,13H,8H2,1-3H3,(H,14,15);4-5H,1H2,2-3H3;2-3H2,1H3/b;;6-5-;. The van der Waals surface area contributed by atoms with Gasteiger partial charge < -0.3 is 20.5 Å². The number of esters is 1. The van der Waals surface area contributed by atoms with E-state index in [4.69, 9.17) is 9.84 Å². The molecule has 2 aromatic carbocycles. The Balaban J connectivity index is 0. The van der Waals surface area contributed by atoms with Crippen LogP contribution in [0.25, 0.3) is 0 Å². The molecule has 0 saturated carbocycles. The van der Waals surface area contributed by atoms with Crippen LogP contribution in [-0.4, -0.2) is 53.9 Å². The average Bonchev–Trinajstić information content (AvgIpc) is 2.99. The van der Waals surface area contributed by atoms with Gasteiger partial charge in [0.05, 0.1) is 20.0 Å². The van der Waals surface area contributed by atoms with E-state index in [1.54, 1.807) is 43.2 Å². The minimum absolute atomic E-state index is 0.154. The molecule has 248 valence electrons. The smallest absolute Gasteiger partial charge is 0.306 e. The number of anilines is 2. The van der Waals surface area contributed by atoms with E-state index in [9.17, 15) is 9.59 Å². The molecule has 0 aliphatic carbocycles. The highest BCUT2D eigenvalue weighted by atomic mass is 33.1. The molecule has 1 atom stereocenters. The van der Waals surface area contributed by atoms with Gasteiger partial charge in [-0.15, -0.1) is 9.24 Å². The summed E-state index contributed by atoms with van der Waals surface area (Å²) >= 11 is 0. The first-order valence-corrected chi connectivity index (χ1v) is 19.3. The van der Waals surface area contributed by atoms with E-state index >= 15 is 0 Å². The van der Waals surface area contributed by atoms with Gasteiger partial charge in [0, 0.05) is 44.8 Å². The lowest BCUT2D eigenvalue weighted by Crippen LogP contribution is -2.19. The average molecular weight is 701 g/mol. The Hall–Kier alpha value is -1.71. The Kier molecular flexibility index (Phi) is 25.7. The molecule has 0 aliphatic heterocycles. The second kappa shape index (κ2) is 25.5. The monoisotopic (exact) mass is 700 g/mol. The van der Waals surface area contributed by atoms with Crippen molar-refractivity contribution in [1.82, 2.24) is 0 Å². The van der Waals surface area contributed by atoms with Crippen LogP contribution in [0, 0.1) is 0 Å². The largest absolute Gasteiger partial charge is 0.481 e. The zero-order valence-electron chi connectivity index (χ0n) is 28.0. The summed E-state index contributed by atoms with van der Waals surface area (Å²) in [6.07, 6.45) is 5.59. The summed E-state index contributed by atoms with van der Waals surface area (Å²) in [5.41, 5.74) is 3.40. The third kappa shape index (κ3) is 22.7. The van der Waals surface area contributed by atoms with E-state index in [0.717, 1.165) is 16.3 Å². The van der Waals surface area contributed by atoms with Gasteiger partial charge in [-0.2, -0.15) is 0 Å². The van der Waals surface area contributed by atoms with Crippen molar-refractivity contribution in [3.63, 3.8) is 0 Å². The van der Waals surface area contributed by atoms with Crippen LogP contribution in [0.15, 0.2) is 82.6 Å². The molecule has 0 fully saturated rings. The SMILES string of the molecule is C=C/C(C)=C\C.CCP.CNc1ccccc1SSC(C)(C)CC(=O)O.CNc1ccccc1SSC(C)(C)CC(=O)OC. The molecule has 0 spiro atoms. The maximum atomic E-state index is 11.3. The number of carbonyl (C=O) groups is 2. The number of benzene rings is 2. The molecule has 0 amide bonds. The molecule has 3 N–H and O–H groups in total. The lowest BCUT2D eigenvalue weighted by atomic mass is 10.1. The fraction of sp³-hybridized carbons (Fsp3) is 0.455. The van der Waals surface area contributed by atoms with Gasteiger partial charge in [0.15, 0.2) is 0 Å². The van der Waals surface area contributed by atoms with Gasteiger partial charge in [-0.1, -0.05) is 98.7 Å². The highest BCUT2D eigenvalue weighted by molar-refractivity contribution is 8.77. The fourth-order valence-electron chi connectivity index (χ4n) is 2.77. The molecular weight excluding hydrogens is 648 g/mol. The number of carboxylic acids is 1. The molecular formula is C33H53N2O4PS4. The quantitative estimate of drug-likeness (QED) is 0.0812. The summed E-state index contributed by atoms with van der Waals surface area (Å²) < 4.78 is 4.27. The zero-order valence-corrected chi connectivity index (χ0v) is 32.4. The highest BCUT2D eigenvalue weighted by Crippen LogP contribution is 2.45. The van der Waals surface area contributed by atoms with Crippen LogP contribution in [0.5, 0.6) is 0 Å². The number of ether oxygens (including phenoxy) is 1. The number of carboxylic acid groups (broad SMARTS) is 1. The Bertz CT molecular complexity index is 1140. The number of para-hydroxylation sites is 2. The van der Waals surface area contributed by atoms with Gasteiger partial charge in [0.2, 0.25) is 0 Å². The molecule has 0 saturated heterocycles. The third-order valence-corrected chi connectivity index (χ3v) is 11.9. The molecule has 11 heteroatoms. The van der Waals surface area contributed by atoms with Crippen LogP contribution in [0.4, 0.5) is 11.4 Å². The summed E-state index contributed by atoms with van der Waals surface area (Å²) in [5, 5.41) is 15.1. The van der Waals surface area contributed by atoms with E-state index in [1.807, 2.05) is 110 Å². The first-order valence-electron chi connectivity index (χ1n) is 14.1. The van der Waals surface area contributed by atoms with Crippen molar-refractivity contribution in [1.29, 1.82) is 0 Å². The van der Waals surface area contributed by atoms with Gasteiger partial charge in [0.1, 0.15) is 0 Å². The van der Waals surface area contributed by atoms with Crippen molar-refractivity contribution < 1.29 is 19.4 Å². The maximum Gasteiger partial charge on any atom is 0.306 e. The Morgan fingerprint density at radius 1 is 0.909 bits per heavy atom. The number of allylic oxidation sites excluding steroid dienone is 3. The summed E-state index contributed by atoms with van der Waals surface area (Å²) in [4.78, 5) is 24.3. The molecule has 0 aromatic heterocycles. The molecule has 2 rings (SSSR count). The summed E-state index contributed by atoms with van der Waals surface area (Å²) in [5.74, 6) is -0.931. The number of rotatable bonds is 13. The summed E-state index contributed by atoms with van der Waals surface area (Å²) in [7, 11) is 14.3. The lowest BCUT2D eigenvalue weighted by Gasteiger charge is -2.22. The van der Waals surface area contributed by atoms with Crippen LogP contribution < -0.4 is 10.6 Å². The van der Waals surface area contributed by atoms with Crippen LogP contribution >= 0.6 is 52.4 Å². The molecule has 0 aliphatic rings. The van der Waals surface area contributed by atoms with Gasteiger partial charge in [-0.25, -0.2) is 0 Å². The predicted octanol–water partition coefficient (Wildman–Crippen LogP) is 10.6. The van der Waals surface area contributed by atoms with Crippen molar-refractivity contribution in [3.05, 3.63) is 72.8 Å². The van der Waals surface area contributed by atoms with E-state index in [2.05, 4.69) is 39.4 Å². The second-order valence-electron chi connectivity index (χ2n) is 10.3. The lowest BCUT2D eigenvalue weighted by molar-refractivity contribution is -0.141. The van der Waals surface area contributed by atoms with Crippen LogP contribution in [0.1, 0.15) is 61.3 Å². The Labute approximate surface area is 285 Å². The van der Waals surface area contributed by atoms with Crippen molar-refractivity contribution in [2.45, 2.75) is 80.6 Å². The first kappa shape index (κ1) is 44.4. The Morgan fingerprint density at radius 2 is 1.30 bits per heavy atom. The minimum atomic E-state index is -0.759. The van der Waals surface area contributed by atoms with Crippen molar-refractivity contribution in [3.8, 4) is 0 Å². The molecule has 0 heterocycles. The van der Waals surface area contributed by atoms with Crippen molar-refractivity contribution >= 4 is 75.7 Å². The number of methoxy groups -OCH3 is 1. The van der Waals surface area contributed by atoms with Gasteiger partial charge in [-0.05, 0) is 72.0 Å². The minimum Gasteiger partial charge on any atom is -0.481 e. The zero-order chi connectivity index (χ0) is 34.2. The topological polar surface area (TPSA) is 87.7 Å². The molecule has 2 aromatic rings. The number of aliphatic carboxylic acids is 1. The van der Waals surface area contributed by atoms with E-state index < -0.39 is 5.97 Å². The molecule has 6 nitrogen and oxygen atoms in total. The van der Waals surface area contributed by atoms with Crippen molar-refractivity contribution in [2.24, 2.45) is 0 Å². The molecule has 1 unspecified atom stereocenters. The number of nitrogens with one attached hydrogen (secondary N) is 2. The maximum absolute atomic E-state index is 11.3.